The van der Waals surface area contributed by atoms with Gasteiger partial charge in [-0.2, -0.15) is 5.26 Å². The number of carboxylic acids is 3. The highest BCUT2D eigenvalue weighted by Crippen LogP contribution is 2.32. The first-order chi connectivity index (χ1) is 21.7. The molecule has 0 atom stereocenters. The zero-order valence-corrected chi connectivity index (χ0v) is 22.9. The lowest BCUT2D eigenvalue weighted by Gasteiger charge is -2.16. The number of carbonyl (C=O) groups is 5. The quantitative estimate of drug-likeness (QED) is 0.152. The Morgan fingerprint density at radius 2 is 1.35 bits per heavy atom. The van der Waals surface area contributed by atoms with Gasteiger partial charge in [0.05, 0.1) is 39.1 Å². The van der Waals surface area contributed by atoms with E-state index >= 15 is 0 Å². The summed E-state index contributed by atoms with van der Waals surface area (Å²) in [6, 6.07) is 16.5. The maximum atomic E-state index is 13.2. The number of aromatic carboxylic acids is 3. The number of ether oxygens (including phenoxy) is 1. The number of anilines is 2. The number of benzene rings is 4. The Morgan fingerprint density at radius 1 is 0.696 bits per heavy atom. The van der Waals surface area contributed by atoms with Crippen LogP contribution in [0.25, 0.3) is 11.1 Å². The molecule has 0 bridgehead atoms. The molecule has 46 heavy (non-hydrogen) atoms. The number of halogens is 3. The van der Waals surface area contributed by atoms with Crippen molar-refractivity contribution in [3.63, 3.8) is 0 Å². The van der Waals surface area contributed by atoms with E-state index in [1.807, 2.05) is 0 Å². The maximum Gasteiger partial charge on any atom is 0.573 e. The zero-order chi connectivity index (χ0) is 33.8. The smallest absolute Gasteiger partial charge is 0.478 e. The minimum absolute atomic E-state index is 0.0205. The van der Waals surface area contributed by atoms with Crippen molar-refractivity contribution in [3.05, 3.63) is 112 Å². The molecule has 0 radical (unpaired) electrons. The fraction of sp³-hybridized carbons (Fsp3) is 0.0323. The molecule has 0 heterocycles. The second-order valence-corrected chi connectivity index (χ2v) is 9.23. The molecule has 0 aliphatic heterocycles. The Balaban J connectivity index is 1.75. The van der Waals surface area contributed by atoms with Crippen molar-refractivity contribution in [2.24, 2.45) is 0 Å². The lowest BCUT2D eigenvalue weighted by molar-refractivity contribution is -0.274. The Bertz CT molecular complexity index is 1970. The molecule has 12 nitrogen and oxygen atoms in total. The van der Waals surface area contributed by atoms with E-state index in [9.17, 15) is 57.7 Å². The van der Waals surface area contributed by atoms with E-state index in [1.165, 1.54) is 36.4 Å². The van der Waals surface area contributed by atoms with Crippen molar-refractivity contribution in [3.8, 4) is 22.9 Å². The molecule has 0 aromatic heterocycles. The number of nitriles is 1. The van der Waals surface area contributed by atoms with E-state index in [0.717, 1.165) is 42.5 Å². The predicted octanol–water partition coefficient (Wildman–Crippen LogP) is 5.72. The Labute approximate surface area is 255 Å². The summed E-state index contributed by atoms with van der Waals surface area (Å²) in [5.74, 6) is -7.45. The number of nitrogens with zero attached hydrogens (tertiary/aromatic N) is 1. The van der Waals surface area contributed by atoms with Gasteiger partial charge in [-0.05, 0) is 59.7 Å². The zero-order valence-electron chi connectivity index (χ0n) is 22.9. The third-order valence-electron chi connectivity index (χ3n) is 6.32. The van der Waals surface area contributed by atoms with Crippen molar-refractivity contribution in [2.75, 3.05) is 10.6 Å². The summed E-state index contributed by atoms with van der Waals surface area (Å²) in [6.45, 7) is 0. The van der Waals surface area contributed by atoms with E-state index in [-0.39, 0.29) is 27.9 Å². The van der Waals surface area contributed by atoms with Crippen molar-refractivity contribution in [1.29, 1.82) is 5.26 Å². The van der Waals surface area contributed by atoms with E-state index in [1.54, 1.807) is 6.07 Å². The Kier molecular flexibility index (Phi) is 9.03. The van der Waals surface area contributed by atoms with Crippen LogP contribution in [0, 0.1) is 11.3 Å². The van der Waals surface area contributed by atoms with Crippen LogP contribution in [0.1, 0.15) is 57.4 Å². The highest BCUT2D eigenvalue weighted by molar-refractivity contribution is 6.15. The third-order valence-corrected chi connectivity index (χ3v) is 6.32. The topological polar surface area (TPSA) is 203 Å². The first-order valence-corrected chi connectivity index (χ1v) is 12.7. The van der Waals surface area contributed by atoms with Crippen LogP contribution in [0.15, 0.2) is 78.9 Å². The van der Waals surface area contributed by atoms with Crippen molar-refractivity contribution < 1.29 is 57.2 Å². The number of amides is 2. The summed E-state index contributed by atoms with van der Waals surface area (Å²) in [7, 11) is 0. The summed E-state index contributed by atoms with van der Waals surface area (Å²) >= 11 is 0. The second kappa shape index (κ2) is 12.9. The van der Waals surface area contributed by atoms with Crippen LogP contribution in [0.3, 0.4) is 0 Å². The average Bonchev–Trinajstić information content (AvgIpc) is 3.00. The largest absolute Gasteiger partial charge is 0.573 e. The molecule has 0 spiro atoms. The number of hydrogen-bond acceptors (Lipinski definition) is 7. The fourth-order valence-corrected chi connectivity index (χ4v) is 4.37. The Morgan fingerprint density at radius 3 is 1.98 bits per heavy atom. The SMILES string of the molecule is N#Cc1cc(NC(=O)c2cccc(-c3ccc(C(=O)O)c(C(=O)Nc4ccccc4OC(F)(F)F)c3)c2C(=O)O)ccc1C(=O)O. The van der Waals surface area contributed by atoms with Crippen LogP contribution in [0.5, 0.6) is 5.75 Å². The molecule has 0 fully saturated rings. The lowest BCUT2D eigenvalue weighted by atomic mass is 9.92. The van der Waals surface area contributed by atoms with Gasteiger partial charge in [0.25, 0.3) is 11.8 Å². The summed E-state index contributed by atoms with van der Waals surface area (Å²) in [5.41, 5.74) is -3.31. The summed E-state index contributed by atoms with van der Waals surface area (Å²) in [5, 5.41) is 42.8. The lowest BCUT2D eigenvalue weighted by Crippen LogP contribution is -2.21. The molecule has 2 amide bonds. The molecule has 4 aromatic carbocycles. The molecule has 0 aliphatic rings. The molecule has 232 valence electrons. The monoisotopic (exact) mass is 633 g/mol. The van der Waals surface area contributed by atoms with Gasteiger partial charge in [0, 0.05) is 5.69 Å². The van der Waals surface area contributed by atoms with Gasteiger partial charge in [-0.15, -0.1) is 13.2 Å². The Hall–Kier alpha value is -6.69. The first kappa shape index (κ1) is 32.2. The molecule has 15 heteroatoms. The van der Waals surface area contributed by atoms with Crippen LogP contribution in [0.4, 0.5) is 24.5 Å². The molecule has 0 saturated heterocycles. The van der Waals surface area contributed by atoms with Gasteiger partial charge >= 0.3 is 24.3 Å². The van der Waals surface area contributed by atoms with Gasteiger partial charge in [-0.25, -0.2) is 14.4 Å². The molecule has 5 N–H and O–H groups in total. The van der Waals surface area contributed by atoms with Gasteiger partial charge < -0.3 is 30.7 Å². The highest BCUT2D eigenvalue weighted by atomic mass is 19.4. The average molecular weight is 633 g/mol. The number of alkyl halides is 3. The summed E-state index contributed by atoms with van der Waals surface area (Å²) in [6.07, 6.45) is -5.10. The van der Waals surface area contributed by atoms with Crippen molar-refractivity contribution in [2.45, 2.75) is 6.36 Å². The number of nitrogens with one attached hydrogen (secondary N) is 2. The number of carboxylic acid groups (broad SMARTS) is 3. The number of rotatable bonds is 9. The first-order valence-electron chi connectivity index (χ1n) is 12.7. The van der Waals surface area contributed by atoms with E-state index in [2.05, 4.69) is 15.4 Å². The highest BCUT2D eigenvalue weighted by Gasteiger charge is 2.32. The standard InChI is InChI=1S/C31H18F3N3O9/c32-31(33,34)46-24-7-2-1-6-23(24)37-27(39)22-13-15(8-10-20(22)29(42)43)18-4-3-5-21(25(18)30(44)45)26(38)36-17-9-11-19(28(40)41)16(12-17)14-35/h1-13H,(H,36,38)(H,37,39)(H,40,41)(H,42,43)(H,44,45). The fourth-order valence-electron chi connectivity index (χ4n) is 4.37. The molecular weight excluding hydrogens is 615 g/mol. The minimum atomic E-state index is -5.10. The third kappa shape index (κ3) is 7.09. The van der Waals surface area contributed by atoms with Crippen molar-refractivity contribution in [1.82, 2.24) is 0 Å². The molecule has 0 unspecified atom stereocenters. The predicted molar refractivity (Wildman–Crippen MR) is 153 cm³/mol. The second-order valence-electron chi connectivity index (χ2n) is 9.23. The van der Waals surface area contributed by atoms with Gasteiger partial charge in [0.2, 0.25) is 0 Å². The molecule has 0 aliphatic carbocycles. The van der Waals surface area contributed by atoms with Gasteiger partial charge in [-0.3, -0.25) is 9.59 Å². The van der Waals surface area contributed by atoms with E-state index in [0.29, 0.717) is 0 Å². The molecular formula is C31H18F3N3O9. The number of hydrogen-bond donors (Lipinski definition) is 5. The molecule has 4 rings (SSSR count). The van der Waals surface area contributed by atoms with Gasteiger partial charge in [0.1, 0.15) is 6.07 Å². The van der Waals surface area contributed by atoms with Crippen LogP contribution < -0.4 is 15.4 Å². The van der Waals surface area contributed by atoms with Crippen LogP contribution in [-0.4, -0.2) is 51.4 Å². The van der Waals surface area contributed by atoms with E-state index in [4.69, 9.17) is 0 Å². The maximum absolute atomic E-state index is 13.2. The van der Waals surface area contributed by atoms with Crippen LogP contribution in [0.2, 0.25) is 0 Å². The van der Waals surface area contributed by atoms with Crippen LogP contribution >= 0.6 is 0 Å². The molecule has 4 aromatic rings. The van der Waals surface area contributed by atoms with Gasteiger partial charge in [-0.1, -0.05) is 30.3 Å². The summed E-state index contributed by atoms with van der Waals surface area (Å²) in [4.78, 5) is 62.0. The normalized spacial score (nSPS) is 10.7. The minimum Gasteiger partial charge on any atom is -0.478 e. The van der Waals surface area contributed by atoms with Crippen molar-refractivity contribution >= 4 is 41.1 Å². The summed E-state index contributed by atoms with van der Waals surface area (Å²) < 4.78 is 42.5. The number of para-hydroxylation sites is 2. The molecule has 0 saturated carbocycles. The van der Waals surface area contributed by atoms with Gasteiger partial charge in [0.15, 0.2) is 5.75 Å². The number of carbonyl (C=O) groups excluding carboxylic acids is 2. The van der Waals surface area contributed by atoms with Crippen LogP contribution in [-0.2, 0) is 0 Å². The van der Waals surface area contributed by atoms with E-state index < -0.39 is 69.8 Å².